The van der Waals surface area contributed by atoms with Gasteiger partial charge in [0.15, 0.2) is 0 Å². The highest BCUT2D eigenvalue weighted by atomic mass is 16.5. The summed E-state index contributed by atoms with van der Waals surface area (Å²) < 4.78 is 5.82. The topological polar surface area (TPSA) is 65.6 Å². The number of carbonyl (C=O) groups excluding carboxylic acids is 1. The van der Waals surface area contributed by atoms with Crippen molar-refractivity contribution < 1.29 is 9.53 Å². The monoisotopic (exact) mass is 360 g/mol. The van der Waals surface area contributed by atoms with Crippen molar-refractivity contribution in [2.24, 2.45) is 0 Å². The number of hydrogen-bond donors (Lipinski definition) is 3. The molecule has 1 aromatic carbocycles. The number of hydrazine groups is 1. The van der Waals surface area contributed by atoms with Gasteiger partial charge < -0.3 is 10.1 Å². The Labute approximate surface area is 156 Å². The minimum Gasteiger partial charge on any atom is -0.373 e. The fraction of sp³-hybridized carbons (Fsp3) is 0.650. The number of hydrogen-bond acceptors (Lipinski definition) is 5. The molecule has 6 heteroatoms. The molecule has 2 saturated heterocycles. The molecule has 0 bridgehead atoms. The van der Waals surface area contributed by atoms with Crippen LogP contribution in [0, 0.1) is 0 Å². The highest BCUT2D eigenvalue weighted by molar-refractivity contribution is 5.82. The van der Waals surface area contributed by atoms with Crippen LogP contribution in [0.3, 0.4) is 0 Å². The van der Waals surface area contributed by atoms with Gasteiger partial charge in [-0.15, -0.1) is 0 Å². The molecule has 2 aliphatic rings. The summed E-state index contributed by atoms with van der Waals surface area (Å²) in [6.45, 7) is 11.0. The zero-order chi connectivity index (χ0) is 18.7. The largest absolute Gasteiger partial charge is 0.373 e. The smallest absolute Gasteiger partial charge is 0.238 e. The Morgan fingerprint density at radius 1 is 1.19 bits per heavy atom. The molecule has 3 rings (SSSR count). The maximum atomic E-state index is 12.6. The van der Waals surface area contributed by atoms with Crippen molar-refractivity contribution in [1.29, 1.82) is 0 Å². The first kappa shape index (κ1) is 19.3. The van der Waals surface area contributed by atoms with Gasteiger partial charge in [0, 0.05) is 31.2 Å². The number of nitrogens with one attached hydrogen (secondary N) is 3. The second-order valence-electron chi connectivity index (χ2n) is 8.23. The molecule has 6 nitrogen and oxygen atoms in total. The molecular weight excluding hydrogens is 328 g/mol. The normalized spacial score (nSPS) is 30.3. The number of ether oxygens (including phenoxy) is 1. The SMILES string of the molecule is CC1CN(C(C)(C)CNC(=O)C2CC(c3ccccc3)NN2)CC(C)O1. The van der Waals surface area contributed by atoms with E-state index in [-0.39, 0.29) is 35.7 Å². The minimum atomic E-state index is -0.210. The van der Waals surface area contributed by atoms with Gasteiger partial charge in [0.2, 0.25) is 5.91 Å². The van der Waals surface area contributed by atoms with E-state index >= 15 is 0 Å². The van der Waals surface area contributed by atoms with Crippen LogP contribution in [0.15, 0.2) is 30.3 Å². The molecule has 2 aliphatic heterocycles. The van der Waals surface area contributed by atoms with Crippen LogP contribution < -0.4 is 16.2 Å². The highest BCUT2D eigenvalue weighted by Gasteiger charge is 2.35. The van der Waals surface area contributed by atoms with Crippen LogP contribution in [0.2, 0.25) is 0 Å². The third-order valence-corrected chi connectivity index (χ3v) is 5.39. The first-order valence-electron chi connectivity index (χ1n) is 9.59. The summed E-state index contributed by atoms with van der Waals surface area (Å²) in [7, 11) is 0. The van der Waals surface area contributed by atoms with Crippen molar-refractivity contribution in [3.63, 3.8) is 0 Å². The van der Waals surface area contributed by atoms with Gasteiger partial charge in [-0.2, -0.15) is 0 Å². The lowest BCUT2D eigenvalue weighted by atomic mass is 9.99. The Balaban J connectivity index is 1.50. The quantitative estimate of drug-likeness (QED) is 0.744. The molecule has 0 saturated carbocycles. The maximum absolute atomic E-state index is 12.6. The van der Waals surface area contributed by atoms with E-state index < -0.39 is 0 Å². The number of morpholine rings is 1. The number of carbonyl (C=O) groups is 1. The van der Waals surface area contributed by atoms with Crippen LogP contribution in [0.1, 0.15) is 45.7 Å². The lowest BCUT2D eigenvalue weighted by Gasteiger charge is -2.45. The fourth-order valence-electron chi connectivity index (χ4n) is 3.84. The third kappa shape index (κ3) is 4.62. The summed E-state index contributed by atoms with van der Waals surface area (Å²) in [5.74, 6) is 0.0540. The maximum Gasteiger partial charge on any atom is 0.238 e. The lowest BCUT2D eigenvalue weighted by Crippen LogP contribution is -2.59. The summed E-state index contributed by atoms with van der Waals surface area (Å²) in [4.78, 5) is 15.0. The molecule has 1 amide bonds. The fourth-order valence-corrected chi connectivity index (χ4v) is 3.84. The Hall–Kier alpha value is -1.47. The summed E-state index contributed by atoms with van der Waals surface area (Å²) in [5.41, 5.74) is 7.47. The van der Waals surface area contributed by atoms with E-state index in [4.69, 9.17) is 4.74 Å². The number of nitrogens with zero attached hydrogens (tertiary/aromatic N) is 1. The van der Waals surface area contributed by atoms with E-state index in [2.05, 4.69) is 60.9 Å². The molecular formula is C20H32N4O2. The van der Waals surface area contributed by atoms with Crippen LogP contribution in [-0.2, 0) is 9.53 Å². The van der Waals surface area contributed by atoms with Gasteiger partial charge in [0.25, 0.3) is 0 Å². The van der Waals surface area contributed by atoms with E-state index in [9.17, 15) is 4.79 Å². The summed E-state index contributed by atoms with van der Waals surface area (Å²) in [6.07, 6.45) is 1.20. The molecule has 0 aliphatic carbocycles. The predicted molar refractivity (Wildman–Crippen MR) is 103 cm³/mol. The van der Waals surface area contributed by atoms with E-state index in [1.165, 1.54) is 5.56 Å². The number of rotatable bonds is 5. The number of amides is 1. The minimum absolute atomic E-state index is 0.0540. The second kappa shape index (κ2) is 8.05. The van der Waals surface area contributed by atoms with E-state index in [1.807, 2.05) is 18.2 Å². The molecule has 4 atom stereocenters. The zero-order valence-corrected chi connectivity index (χ0v) is 16.3. The molecule has 0 spiro atoms. The van der Waals surface area contributed by atoms with Crippen LogP contribution in [0.25, 0.3) is 0 Å². The predicted octanol–water partition coefficient (Wildman–Crippen LogP) is 1.60. The molecule has 0 radical (unpaired) electrons. The Kier molecular flexibility index (Phi) is 5.97. The van der Waals surface area contributed by atoms with Crippen molar-refractivity contribution in [3.05, 3.63) is 35.9 Å². The Bertz CT molecular complexity index is 597. The Morgan fingerprint density at radius 2 is 1.85 bits per heavy atom. The van der Waals surface area contributed by atoms with Crippen LogP contribution in [0.4, 0.5) is 0 Å². The van der Waals surface area contributed by atoms with Gasteiger partial charge in [-0.25, -0.2) is 10.9 Å². The lowest BCUT2D eigenvalue weighted by molar-refractivity contribution is -0.124. The first-order valence-corrected chi connectivity index (χ1v) is 9.59. The summed E-state index contributed by atoms with van der Waals surface area (Å²) in [6, 6.07) is 10.2. The molecule has 2 fully saturated rings. The van der Waals surface area contributed by atoms with Gasteiger partial charge in [0.05, 0.1) is 12.2 Å². The van der Waals surface area contributed by atoms with E-state index in [0.717, 1.165) is 19.5 Å². The third-order valence-electron chi connectivity index (χ3n) is 5.39. The molecule has 0 aromatic heterocycles. The van der Waals surface area contributed by atoms with E-state index in [0.29, 0.717) is 6.54 Å². The standard InChI is InChI=1S/C20H32N4O2/c1-14-11-24(12-15(2)26-14)20(3,4)13-21-19(25)18-10-17(22-23-18)16-8-6-5-7-9-16/h5-9,14-15,17-18,22-23H,10-13H2,1-4H3,(H,21,25). The average molecular weight is 361 g/mol. The van der Waals surface area contributed by atoms with Gasteiger partial charge >= 0.3 is 0 Å². The van der Waals surface area contributed by atoms with Crippen LogP contribution >= 0.6 is 0 Å². The molecule has 2 heterocycles. The molecule has 144 valence electrons. The Morgan fingerprint density at radius 3 is 2.50 bits per heavy atom. The average Bonchev–Trinajstić information content (AvgIpc) is 3.10. The van der Waals surface area contributed by atoms with Gasteiger partial charge in [-0.05, 0) is 39.7 Å². The molecule has 3 N–H and O–H groups in total. The van der Waals surface area contributed by atoms with Crippen molar-refractivity contribution >= 4 is 5.91 Å². The first-order chi connectivity index (χ1) is 12.3. The van der Waals surface area contributed by atoms with E-state index in [1.54, 1.807) is 0 Å². The highest BCUT2D eigenvalue weighted by Crippen LogP contribution is 2.23. The van der Waals surface area contributed by atoms with Crippen LogP contribution in [-0.4, -0.2) is 54.2 Å². The van der Waals surface area contributed by atoms with Crippen molar-refractivity contribution in [2.75, 3.05) is 19.6 Å². The van der Waals surface area contributed by atoms with Crippen molar-refractivity contribution in [2.45, 2.75) is 63.9 Å². The van der Waals surface area contributed by atoms with Gasteiger partial charge in [0.1, 0.15) is 6.04 Å². The van der Waals surface area contributed by atoms with Gasteiger partial charge in [-0.1, -0.05) is 30.3 Å². The molecule has 26 heavy (non-hydrogen) atoms. The zero-order valence-electron chi connectivity index (χ0n) is 16.3. The van der Waals surface area contributed by atoms with Crippen molar-refractivity contribution in [3.8, 4) is 0 Å². The second-order valence-corrected chi connectivity index (χ2v) is 8.23. The summed E-state index contributed by atoms with van der Waals surface area (Å²) in [5, 5.41) is 3.14. The van der Waals surface area contributed by atoms with Gasteiger partial charge in [-0.3, -0.25) is 9.69 Å². The molecule has 1 aromatic rings. The summed E-state index contributed by atoms with van der Waals surface area (Å²) >= 11 is 0. The molecule has 4 unspecified atom stereocenters. The number of benzene rings is 1. The van der Waals surface area contributed by atoms with Crippen LogP contribution in [0.5, 0.6) is 0 Å². The van der Waals surface area contributed by atoms with Crippen molar-refractivity contribution in [1.82, 2.24) is 21.1 Å².